The van der Waals surface area contributed by atoms with E-state index in [0.717, 1.165) is 18.2 Å². The fourth-order valence-corrected chi connectivity index (χ4v) is 1.44. The molecule has 0 spiro atoms. The summed E-state index contributed by atoms with van der Waals surface area (Å²) in [4.78, 5) is 22.1. The maximum Gasteiger partial charge on any atom is 0.306 e. The van der Waals surface area contributed by atoms with E-state index in [1.165, 1.54) is 6.92 Å². The van der Waals surface area contributed by atoms with Crippen LogP contribution in [-0.4, -0.2) is 39.3 Å². The van der Waals surface area contributed by atoms with E-state index >= 15 is 0 Å². The highest BCUT2D eigenvalue weighted by molar-refractivity contribution is 5.96. The summed E-state index contributed by atoms with van der Waals surface area (Å²) in [6, 6.07) is 2.86. The number of hydrogen-bond donors (Lipinski definition) is 4. The van der Waals surface area contributed by atoms with E-state index in [0.29, 0.717) is 0 Å². The van der Waals surface area contributed by atoms with Gasteiger partial charge in [0.2, 0.25) is 0 Å². The van der Waals surface area contributed by atoms with Gasteiger partial charge in [0.25, 0.3) is 5.91 Å². The SMILES string of the molecule is CC(O)(CNC(=O)c1cc(F)ccc1O)CC(=O)O. The molecule has 7 heteroatoms. The topological polar surface area (TPSA) is 107 Å². The van der Waals surface area contributed by atoms with Crippen LogP contribution >= 0.6 is 0 Å². The summed E-state index contributed by atoms with van der Waals surface area (Å²) in [5, 5.41) is 29.9. The Labute approximate surface area is 108 Å². The van der Waals surface area contributed by atoms with Crippen molar-refractivity contribution < 1.29 is 29.3 Å². The summed E-state index contributed by atoms with van der Waals surface area (Å²) in [6.45, 7) is 0.904. The van der Waals surface area contributed by atoms with Crippen LogP contribution in [0.4, 0.5) is 4.39 Å². The summed E-state index contributed by atoms with van der Waals surface area (Å²) in [6.07, 6.45) is -0.553. The molecule has 0 aliphatic heterocycles. The lowest BCUT2D eigenvalue weighted by Gasteiger charge is -2.21. The Hall–Kier alpha value is -2.15. The van der Waals surface area contributed by atoms with Crippen LogP contribution < -0.4 is 5.32 Å². The first-order chi connectivity index (χ1) is 8.71. The maximum absolute atomic E-state index is 12.9. The Balaban J connectivity index is 2.70. The Bertz CT molecular complexity index is 501. The fourth-order valence-electron chi connectivity index (χ4n) is 1.44. The van der Waals surface area contributed by atoms with Crippen molar-refractivity contribution in [3.8, 4) is 5.75 Å². The molecule has 0 radical (unpaired) electrons. The van der Waals surface area contributed by atoms with Crippen LogP contribution in [0.25, 0.3) is 0 Å². The van der Waals surface area contributed by atoms with Gasteiger partial charge in [0.15, 0.2) is 0 Å². The van der Waals surface area contributed by atoms with Gasteiger partial charge < -0.3 is 20.6 Å². The van der Waals surface area contributed by atoms with Gasteiger partial charge >= 0.3 is 5.97 Å². The summed E-state index contributed by atoms with van der Waals surface area (Å²) < 4.78 is 12.9. The maximum atomic E-state index is 12.9. The number of aliphatic hydroxyl groups is 1. The number of rotatable bonds is 5. The highest BCUT2D eigenvalue weighted by Crippen LogP contribution is 2.18. The molecular weight excluding hydrogens is 257 g/mol. The molecule has 0 fully saturated rings. The Morgan fingerprint density at radius 2 is 2.05 bits per heavy atom. The number of amides is 1. The zero-order valence-corrected chi connectivity index (χ0v) is 10.2. The summed E-state index contributed by atoms with van der Waals surface area (Å²) in [7, 11) is 0. The van der Waals surface area contributed by atoms with Crippen molar-refractivity contribution in [2.45, 2.75) is 18.9 Å². The van der Waals surface area contributed by atoms with E-state index in [9.17, 15) is 24.2 Å². The van der Waals surface area contributed by atoms with Gasteiger partial charge in [0.05, 0.1) is 17.6 Å². The van der Waals surface area contributed by atoms with Crippen molar-refractivity contribution in [1.82, 2.24) is 5.32 Å². The zero-order chi connectivity index (χ0) is 14.6. The molecule has 1 unspecified atom stereocenters. The molecule has 1 rings (SSSR count). The van der Waals surface area contributed by atoms with Gasteiger partial charge in [-0.3, -0.25) is 9.59 Å². The van der Waals surface area contributed by atoms with Gasteiger partial charge in [-0.1, -0.05) is 0 Å². The predicted octanol–water partition coefficient (Wildman–Crippen LogP) is 0.487. The number of carbonyl (C=O) groups excluding carboxylic acids is 1. The molecule has 19 heavy (non-hydrogen) atoms. The molecule has 1 aromatic carbocycles. The third-order valence-electron chi connectivity index (χ3n) is 2.37. The van der Waals surface area contributed by atoms with Crippen molar-refractivity contribution >= 4 is 11.9 Å². The molecule has 0 saturated carbocycles. The average molecular weight is 271 g/mol. The van der Waals surface area contributed by atoms with Gasteiger partial charge in [-0.2, -0.15) is 0 Å². The van der Waals surface area contributed by atoms with Crippen LogP contribution in [0.5, 0.6) is 5.75 Å². The number of carbonyl (C=O) groups is 2. The zero-order valence-electron chi connectivity index (χ0n) is 10.2. The third-order valence-corrected chi connectivity index (χ3v) is 2.37. The minimum Gasteiger partial charge on any atom is -0.507 e. The van der Waals surface area contributed by atoms with Gasteiger partial charge in [-0.05, 0) is 25.1 Å². The van der Waals surface area contributed by atoms with Crippen molar-refractivity contribution in [3.05, 3.63) is 29.6 Å². The van der Waals surface area contributed by atoms with Crippen LogP contribution in [0.3, 0.4) is 0 Å². The van der Waals surface area contributed by atoms with Gasteiger partial charge in [-0.25, -0.2) is 4.39 Å². The second-order valence-electron chi connectivity index (χ2n) is 4.41. The number of phenolic OH excluding ortho intramolecular Hbond substituents is 1. The van der Waals surface area contributed by atoms with Crippen LogP contribution in [-0.2, 0) is 4.79 Å². The summed E-state index contributed by atoms with van der Waals surface area (Å²) in [5.41, 5.74) is -1.92. The first-order valence-corrected chi connectivity index (χ1v) is 5.42. The number of aromatic hydroxyl groups is 1. The predicted molar refractivity (Wildman–Crippen MR) is 63.3 cm³/mol. The molecule has 1 aromatic rings. The van der Waals surface area contributed by atoms with Gasteiger partial charge in [0, 0.05) is 6.54 Å². The lowest BCUT2D eigenvalue weighted by atomic mass is 10.0. The Kier molecular flexibility index (Phi) is 4.44. The molecule has 0 bridgehead atoms. The van der Waals surface area contributed by atoms with Crippen LogP contribution in [0.1, 0.15) is 23.7 Å². The largest absolute Gasteiger partial charge is 0.507 e. The van der Waals surface area contributed by atoms with E-state index in [1.807, 2.05) is 0 Å². The third kappa shape index (κ3) is 4.55. The molecule has 6 nitrogen and oxygen atoms in total. The highest BCUT2D eigenvalue weighted by Gasteiger charge is 2.25. The van der Waals surface area contributed by atoms with E-state index in [2.05, 4.69) is 5.32 Å². The molecule has 0 saturated heterocycles. The molecule has 4 N–H and O–H groups in total. The van der Waals surface area contributed by atoms with Gasteiger partial charge in [0.1, 0.15) is 11.6 Å². The van der Waals surface area contributed by atoms with Crippen molar-refractivity contribution in [2.24, 2.45) is 0 Å². The number of phenols is 1. The van der Waals surface area contributed by atoms with Crippen molar-refractivity contribution in [3.63, 3.8) is 0 Å². The summed E-state index contributed by atoms with van der Waals surface area (Å²) in [5.74, 6) is -3.12. The molecule has 1 atom stereocenters. The number of nitrogens with one attached hydrogen (secondary N) is 1. The van der Waals surface area contributed by atoms with Crippen LogP contribution in [0, 0.1) is 5.82 Å². The molecule has 0 heterocycles. The number of halogens is 1. The normalized spacial score (nSPS) is 13.6. The second kappa shape index (κ2) is 5.66. The Morgan fingerprint density at radius 1 is 1.42 bits per heavy atom. The lowest BCUT2D eigenvalue weighted by Crippen LogP contribution is -2.42. The fraction of sp³-hybridized carbons (Fsp3) is 0.333. The average Bonchev–Trinajstić information content (AvgIpc) is 2.27. The van der Waals surface area contributed by atoms with Crippen molar-refractivity contribution in [2.75, 3.05) is 6.54 Å². The molecule has 0 aromatic heterocycles. The number of carboxylic acids is 1. The number of hydrogen-bond acceptors (Lipinski definition) is 4. The van der Waals surface area contributed by atoms with E-state index < -0.39 is 35.5 Å². The molecule has 104 valence electrons. The number of aliphatic carboxylic acids is 1. The minimum absolute atomic E-state index is 0.286. The standard InChI is InChI=1S/C12H14FNO5/c1-12(19,5-10(16)17)6-14-11(18)8-4-7(13)2-3-9(8)15/h2-4,15,19H,5-6H2,1H3,(H,14,18)(H,16,17). The highest BCUT2D eigenvalue weighted by atomic mass is 19.1. The first-order valence-electron chi connectivity index (χ1n) is 5.42. The summed E-state index contributed by atoms with van der Waals surface area (Å²) >= 11 is 0. The number of carboxylic acid groups (broad SMARTS) is 1. The molecular formula is C12H14FNO5. The van der Waals surface area contributed by atoms with E-state index in [1.54, 1.807) is 0 Å². The van der Waals surface area contributed by atoms with E-state index in [-0.39, 0.29) is 12.1 Å². The van der Waals surface area contributed by atoms with E-state index in [4.69, 9.17) is 5.11 Å². The molecule has 0 aliphatic carbocycles. The lowest BCUT2D eigenvalue weighted by molar-refractivity contribution is -0.141. The number of benzene rings is 1. The molecule has 0 aliphatic rings. The molecule has 1 amide bonds. The van der Waals surface area contributed by atoms with Crippen LogP contribution in [0.15, 0.2) is 18.2 Å². The monoisotopic (exact) mass is 271 g/mol. The second-order valence-corrected chi connectivity index (χ2v) is 4.41. The van der Waals surface area contributed by atoms with Gasteiger partial charge in [-0.15, -0.1) is 0 Å². The minimum atomic E-state index is -1.63. The van der Waals surface area contributed by atoms with Crippen LogP contribution in [0.2, 0.25) is 0 Å². The van der Waals surface area contributed by atoms with Crippen molar-refractivity contribution in [1.29, 1.82) is 0 Å². The first kappa shape index (κ1) is 14.9. The smallest absolute Gasteiger partial charge is 0.306 e. The quantitative estimate of drug-likeness (QED) is 0.623. The Morgan fingerprint density at radius 3 is 2.63 bits per heavy atom.